The van der Waals surface area contributed by atoms with Gasteiger partial charge in [0.05, 0.1) is 21.6 Å². The highest BCUT2D eigenvalue weighted by Gasteiger charge is 2.31. The van der Waals surface area contributed by atoms with Gasteiger partial charge in [-0.05, 0) is 17.7 Å². The summed E-state index contributed by atoms with van der Waals surface area (Å²) in [7, 11) is 0. The van der Waals surface area contributed by atoms with E-state index in [-0.39, 0.29) is 30.2 Å². The first-order valence-electron chi connectivity index (χ1n) is 9.09. The minimum atomic E-state index is -0.650. The maximum atomic E-state index is 12.6. The van der Waals surface area contributed by atoms with Crippen molar-refractivity contribution >= 4 is 57.6 Å². The van der Waals surface area contributed by atoms with E-state index in [1.807, 2.05) is 36.4 Å². The van der Waals surface area contributed by atoms with Crippen LogP contribution < -0.4 is 5.32 Å². The third kappa shape index (κ3) is 5.77. The number of nitrogens with zero attached hydrogens (tertiary/aromatic N) is 2. The summed E-state index contributed by atoms with van der Waals surface area (Å²) >= 11 is 6.41. The number of carbonyl (C=O) groups is 2. The summed E-state index contributed by atoms with van der Waals surface area (Å²) in [6, 6.07) is 13.0. The van der Waals surface area contributed by atoms with Crippen LogP contribution in [0.25, 0.3) is 6.08 Å². The summed E-state index contributed by atoms with van der Waals surface area (Å²) in [5.74, 6) is -1.16. The molecular weight excluding hydrogens is 438 g/mol. The Labute approximate surface area is 187 Å². The first-order chi connectivity index (χ1) is 14.8. The average molecular weight is 456 g/mol. The van der Waals surface area contributed by atoms with Crippen molar-refractivity contribution in [3.05, 3.63) is 81.3 Å². The number of nitro groups is 1. The molecule has 31 heavy (non-hydrogen) atoms. The molecule has 1 heterocycles. The van der Waals surface area contributed by atoms with Crippen molar-refractivity contribution < 1.29 is 19.6 Å². The highest BCUT2D eigenvalue weighted by atomic mass is 32.2. The molecule has 0 unspecified atom stereocenters. The van der Waals surface area contributed by atoms with Gasteiger partial charge in [0.2, 0.25) is 5.91 Å². The molecule has 0 spiro atoms. The minimum Gasteiger partial charge on any atom is -0.506 e. The zero-order valence-electron chi connectivity index (χ0n) is 16.1. The van der Waals surface area contributed by atoms with Crippen LogP contribution in [-0.2, 0) is 9.59 Å². The molecule has 2 aromatic rings. The van der Waals surface area contributed by atoms with Crippen LogP contribution in [-0.4, -0.2) is 37.6 Å². The summed E-state index contributed by atoms with van der Waals surface area (Å²) in [4.78, 5) is 36.6. The van der Waals surface area contributed by atoms with E-state index in [0.717, 1.165) is 23.4 Å². The zero-order chi connectivity index (χ0) is 22.4. The fourth-order valence-electron chi connectivity index (χ4n) is 2.68. The van der Waals surface area contributed by atoms with Crippen LogP contribution in [0.4, 0.5) is 11.4 Å². The van der Waals surface area contributed by atoms with E-state index in [1.54, 1.807) is 12.2 Å². The van der Waals surface area contributed by atoms with Gasteiger partial charge in [-0.15, -0.1) is 0 Å². The number of benzene rings is 2. The number of aromatic hydroxyl groups is 1. The molecular formula is C21H17N3O5S2. The number of rotatable bonds is 7. The maximum Gasteiger partial charge on any atom is 0.273 e. The van der Waals surface area contributed by atoms with Gasteiger partial charge in [-0.3, -0.25) is 24.6 Å². The fourth-order valence-corrected chi connectivity index (χ4v) is 3.94. The van der Waals surface area contributed by atoms with Crippen LogP contribution in [0.2, 0.25) is 0 Å². The number of non-ortho nitro benzene ring substituents is 1. The van der Waals surface area contributed by atoms with E-state index >= 15 is 0 Å². The van der Waals surface area contributed by atoms with Crippen LogP contribution >= 0.6 is 24.0 Å². The monoisotopic (exact) mass is 455 g/mol. The number of hydrogen-bond donors (Lipinski definition) is 2. The normalized spacial score (nSPS) is 15.1. The third-order valence-electron chi connectivity index (χ3n) is 4.24. The highest BCUT2D eigenvalue weighted by Crippen LogP contribution is 2.31. The van der Waals surface area contributed by atoms with Gasteiger partial charge in [0.1, 0.15) is 10.1 Å². The van der Waals surface area contributed by atoms with Crippen molar-refractivity contribution in [2.45, 2.75) is 6.42 Å². The van der Waals surface area contributed by atoms with Crippen molar-refractivity contribution in [3.63, 3.8) is 0 Å². The van der Waals surface area contributed by atoms with Crippen LogP contribution in [0, 0.1) is 10.1 Å². The number of nitrogens with one attached hydrogen (secondary N) is 1. The lowest BCUT2D eigenvalue weighted by molar-refractivity contribution is -0.384. The molecule has 1 aliphatic heterocycles. The number of allylic oxidation sites excluding steroid dienone is 2. The van der Waals surface area contributed by atoms with Crippen molar-refractivity contribution in [1.82, 2.24) is 4.90 Å². The maximum absolute atomic E-state index is 12.6. The highest BCUT2D eigenvalue weighted by molar-refractivity contribution is 8.26. The molecule has 0 bridgehead atoms. The van der Waals surface area contributed by atoms with Gasteiger partial charge in [0, 0.05) is 19.0 Å². The Kier molecular flexibility index (Phi) is 7.16. The molecule has 1 saturated heterocycles. The van der Waals surface area contributed by atoms with Crippen molar-refractivity contribution in [3.8, 4) is 5.75 Å². The lowest BCUT2D eigenvalue weighted by Gasteiger charge is -2.14. The predicted molar refractivity (Wildman–Crippen MR) is 123 cm³/mol. The predicted octanol–water partition coefficient (Wildman–Crippen LogP) is 4.09. The second-order valence-electron chi connectivity index (χ2n) is 6.38. The number of thiocarbonyl (C=S) groups is 1. The number of nitro benzene ring substituents is 1. The SMILES string of the molecule is O=C(CCN1C(=O)C(=CC=Cc2ccccc2)SC1=S)Nc1ccc([N+](=O)[O-])cc1O. The number of amides is 2. The summed E-state index contributed by atoms with van der Waals surface area (Å²) in [5.41, 5.74) is 0.758. The molecule has 0 radical (unpaired) electrons. The summed E-state index contributed by atoms with van der Waals surface area (Å²) in [6.45, 7) is 0.0734. The molecule has 0 aromatic heterocycles. The molecule has 1 aliphatic rings. The Morgan fingerprint density at radius 2 is 2.00 bits per heavy atom. The quantitative estimate of drug-likeness (QED) is 0.213. The van der Waals surface area contributed by atoms with Gasteiger partial charge in [0.25, 0.3) is 11.6 Å². The zero-order valence-corrected chi connectivity index (χ0v) is 17.7. The minimum absolute atomic E-state index is 0.0481. The Hall–Kier alpha value is -3.50. The van der Waals surface area contributed by atoms with E-state index in [2.05, 4.69) is 5.32 Å². The summed E-state index contributed by atoms with van der Waals surface area (Å²) in [6.07, 6.45) is 5.26. The second kappa shape index (κ2) is 10.0. The largest absolute Gasteiger partial charge is 0.506 e. The molecule has 8 nitrogen and oxygen atoms in total. The molecule has 10 heteroatoms. The summed E-state index contributed by atoms with van der Waals surface area (Å²) in [5, 5.41) is 23.0. The third-order valence-corrected chi connectivity index (χ3v) is 5.63. The topological polar surface area (TPSA) is 113 Å². The van der Waals surface area contributed by atoms with Crippen molar-refractivity contribution in [2.24, 2.45) is 0 Å². The van der Waals surface area contributed by atoms with Crippen LogP contribution in [0.15, 0.2) is 65.6 Å². The fraction of sp³-hybridized carbons (Fsp3) is 0.0952. The lowest BCUT2D eigenvalue weighted by atomic mass is 10.2. The van der Waals surface area contributed by atoms with Gasteiger partial charge in [0.15, 0.2) is 0 Å². The van der Waals surface area contributed by atoms with E-state index < -0.39 is 16.6 Å². The van der Waals surface area contributed by atoms with E-state index in [4.69, 9.17) is 12.2 Å². The molecule has 2 N–H and O–H groups in total. The van der Waals surface area contributed by atoms with Gasteiger partial charge >= 0.3 is 0 Å². The van der Waals surface area contributed by atoms with Crippen molar-refractivity contribution in [2.75, 3.05) is 11.9 Å². The molecule has 0 aliphatic carbocycles. The van der Waals surface area contributed by atoms with Gasteiger partial charge in [-0.25, -0.2) is 0 Å². The van der Waals surface area contributed by atoms with E-state index in [1.165, 1.54) is 17.0 Å². The average Bonchev–Trinajstić information content (AvgIpc) is 3.01. The summed E-state index contributed by atoms with van der Waals surface area (Å²) < 4.78 is 0.357. The standard InChI is InChI=1S/C21H17N3O5S2/c25-17-13-15(24(28)29)9-10-16(17)22-19(26)11-12-23-20(27)18(31-21(23)30)8-4-7-14-5-2-1-3-6-14/h1-10,13,25H,11-12H2,(H,22,26). The van der Waals surface area contributed by atoms with Gasteiger partial charge in [-0.1, -0.05) is 66.5 Å². The van der Waals surface area contributed by atoms with E-state index in [9.17, 15) is 24.8 Å². The molecule has 2 aromatic carbocycles. The second-order valence-corrected chi connectivity index (χ2v) is 8.06. The first kappa shape index (κ1) is 22.2. The first-order valence-corrected chi connectivity index (χ1v) is 10.3. The molecule has 0 atom stereocenters. The number of phenolic OH excluding ortho intramolecular Hbond substituents is 1. The van der Waals surface area contributed by atoms with Gasteiger partial charge in [-0.2, -0.15) is 0 Å². The lowest BCUT2D eigenvalue weighted by Crippen LogP contribution is -2.31. The number of phenols is 1. The van der Waals surface area contributed by atoms with E-state index in [0.29, 0.717) is 9.23 Å². The Bertz CT molecular complexity index is 1100. The Morgan fingerprint density at radius 3 is 2.68 bits per heavy atom. The molecule has 158 valence electrons. The van der Waals surface area contributed by atoms with Gasteiger partial charge < -0.3 is 10.4 Å². The Morgan fingerprint density at radius 1 is 1.26 bits per heavy atom. The van der Waals surface area contributed by atoms with Crippen LogP contribution in [0.5, 0.6) is 5.75 Å². The molecule has 3 rings (SSSR count). The van der Waals surface area contributed by atoms with Crippen molar-refractivity contribution in [1.29, 1.82) is 0 Å². The Balaban J connectivity index is 1.56. The number of carbonyl (C=O) groups excluding carboxylic acids is 2. The smallest absolute Gasteiger partial charge is 0.273 e. The number of hydrogen-bond acceptors (Lipinski definition) is 7. The van der Waals surface area contributed by atoms with Crippen LogP contribution in [0.1, 0.15) is 12.0 Å². The molecule has 1 fully saturated rings. The molecule has 2 amide bonds. The number of anilines is 1. The van der Waals surface area contributed by atoms with Crippen LogP contribution in [0.3, 0.4) is 0 Å². The molecule has 0 saturated carbocycles. The number of thioether (sulfide) groups is 1.